The van der Waals surface area contributed by atoms with Crippen LogP contribution in [0.4, 0.5) is 5.69 Å². The Balaban J connectivity index is 1.27. The lowest BCUT2D eigenvalue weighted by Crippen LogP contribution is -3.29. The van der Waals surface area contributed by atoms with Gasteiger partial charge in [-0.25, -0.2) is 13.6 Å². The van der Waals surface area contributed by atoms with Crippen LogP contribution >= 0.6 is 0 Å². The number of ether oxygens (including phenoxy) is 2. The number of nitrogens with two attached hydrogens (primary N) is 1. The fourth-order valence-corrected chi connectivity index (χ4v) is 4.55. The Morgan fingerprint density at radius 1 is 1.06 bits per heavy atom. The van der Waals surface area contributed by atoms with Crippen LogP contribution in [0.1, 0.15) is 12.5 Å². The van der Waals surface area contributed by atoms with Crippen LogP contribution in [-0.2, 0) is 21.4 Å². The lowest BCUT2D eigenvalue weighted by Gasteiger charge is -2.32. The van der Waals surface area contributed by atoms with Gasteiger partial charge in [-0.2, -0.15) is 0 Å². The van der Waals surface area contributed by atoms with Gasteiger partial charge in [0, 0.05) is 11.3 Å². The minimum Gasteiger partial charge on any atom is -0.454 e. The SMILES string of the molecule is C[C@@H](C(=O)Nc1ccc(S(N)(=O)=O)cc1)[NH+]1CC[NH+](Cc2ccc3c(c2)OCO3)CC1. The van der Waals surface area contributed by atoms with Crippen LogP contribution in [0.5, 0.6) is 11.5 Å². The Kier molecular flexibility index (Phi) is 6.15. The molecule has 1 atom stereocenters. The number of rotatable bonds is 6. The van der Waals surface area contributed by atoms with Crippen molar-refractivity contribution in [3.8, 4) is 11.5 Å². The molecule has 2 aromatic carbocycles. The summed E-state index contributed by atoms with van der Waals surface area (Å²) in [5.41, 5.74) is 1.77. The van der Waals surface area contributed by atoms with Gasteiger partial charge >= 0.3 is 0 Å². The predicted octanol–water partition coefficient (Wildman–Crippen LogP) is -1.63. The highest BCUT2D eigenvalue weighted by Gasteiger charge is 2.31. The second-order valence-electron chi connectivity index (χ2n) is 8.05. The lowest BCUT2D eigenvalue weighted by molar-refractivity contribution is -1.02. The Morgan fingerprint density at radius 2 is 1.74 bits per heavy atom. The molecule has 0 radical (unpaired) electrons. The number of primary sulfonamides is 1. The summed E-state index contributed by atoms with van der Waals surface area (Å²) in [5.74, 6) is 1.52. The van der Waals surface area contributed by atoms with Crippen LogP contribution in [0.25, 0.3) is 0 Å². The van der Waals surface area contributed by atoms with E-state index in [1.54, 1.807) is 12.1 Å². The number of amides is 1. The molecule has 0 saturated carbocycles. The number of anilines is 1. The number of hydrogen-bond acceptors (Lipinski definition) is 5. The second kappa shape index (κ2) is 8.83. The van der Waals surface area contributed by atoms with Crippen LogP contribution in [0, 0.1) is 0 Å². The number of hydrogen-bond donors (Lipinski definition) is 4. The molecule has 1 saturated heterocycles. The highest BCUT2D eigenvalue weighted by molar-refractivity contribution is 7.89. The van der Waals surface area contributed by atoms with Crippen LogP contribution in [0.3, 0.4) is 0 Å². The lowest BCUT2D eigenvalue weighted by atomic mass is 10.1. The van der Waals surface area contributed by atoms with E-state index >= 15 is 0 Å². The van der Waals surface area contributed by atoms with E-state index in [4.69, 9.17) is 14.6 Å². The molecule has 0 bridgehead atoms. The Bertz CT molecular complexity index is 1050. The normalized spacial score (nSPS) is 21.5. The van der Waals surface area contributed by atoms with Gasteiger partial charge in [0.1, 0.15) is 32.7 Å². The van der Waals surface area contributed by atoms with E-state index < -0.39 is 10.0 Å². The number of fused-ring (bicyclic) bond motifs is 1. The summed E-state index contributed by atoms with van der Waals surface area (Å²) >= 11 is 0. The molecule has 9 nitrogen and oxygen atoms in total. The third-order valence-corrected chi connectivity index (χ3v) is 6.88. The third kappa shape index (κ3) is 5.16. The molecule has 0 aromatic heterocycles. The molecule has 2 heterocycles. The molecule has 5 N–H and O–H groups in total. The van der Waals surface area contributed by atoms with Crippen LogP contribution in [-0.4, -0.2) is 53.3 Å². The van der Waals surface area contributed by atoms with Crippen molar-refractivity contribution < 1.29 is 32.5 Å². The molecule has 2 aliphatic heterocycles. The van der Waals surface area contributed by atoms with Gasteiger partial charge in [0.25, 0.3) is 5.91 Å². The average Bonchev–Trinajstić information content (AvgIpc) is 3.21. The van der Waals surface area contributed by atoms with Crippen molar-refractivity contribution in [3.63, 3.8) is 0 Å². The molecule has 31 heavy (non-hydrogen) atoms. The quantitative estimate of drug-likeness (QED) is 0.424. The highest BCUT2D eigenvalue weighted by atomic mass is 32.2. The summed E-state index contributed by atoms with van der Waals surface area (Å²) in [6, 6.07) is 11.8. The van der Waals surface area contributed by atoms with Crippen molar-refractivity contribution in [3.05, 3.63) is 48.0 Å². The van der Waals surface area contributed by atoms with Crippen molar-refractivity contribution >= 4 is 21.6 Å². The Morgan fingerprint density at radius 3 is 2.42 bits per heavy atom. The molecule has 2 aliphatic rings. The van der Waals surface area contributed by atoms with E-state index in [0.717, 1.165) is 44.2 Å². The Hall–Kier alpha value is -2.66. The number of carbonyl (C=O) groups is 1. The topological polar surface area (TPSA) is 117 Å². The first-order chi connectivity index (χ1) is 14.8. The number of piperazine rings is 1. The minimum absolute atomic E-state index is 0.0192. The molecule has 0 aliphatic carbocycles. The molecule has 166 valence electrons. The molecule has 0 unspecified atom stereocenters. The molecule has 1 amide bonds. The van der Waals surface area contributed by atoms with Crippen LogP contribution < -0.4 is 29.7 Å². The van der Waals surface area contributed by atoms with E-state index in [-0.39, 0.29) is 23.6 Å². The molecule has 2 aromatic rings. The summed E-state index contributed by atoms with van der Waals surface area (Å²) < 4.78 is 33.5. The highest BCUT2D eigenvalue weighted by Crippen LogP contribution is 2.32. The summed E-state index contributed by atoms with van der Waals surface area (Å²) in [5, 5.41) is 7.97. The summed E-state index contributed by atoms with van der Waals surface area (Å²) in [7, 11) is -3.74. The fraction of sp³-hybridized carbons (Fsp3) is 0.381. The van der Waals surface area contributed by atoms with E-state index in [2.05, 4.69) is 11.4 Å². The van der Waals surface area contributed by atoms with Gasteiger partial charge < -0.3 is 24.6 Å². The molecule has 10 heteroatoms. The van der Waals surface area contributed by atoms with Crippen molar-refractivity contribution in [2.75, 3.05) is 38.3 Å². The smallest absolute Gasteiger partial charge is 0.282 e. The van der Waals surface area contributed by atoms with Gasteiger partial charge in [-0.1, -0.05) is 0 Å². The van der Waals surface area contributed by atoms with Crippen LogP contribution in [0.2, 0.25) is 0 Å². The molecular formula is C21H28N4O5S+2. The largest absolute Gasteiger partial charge is 0.454 e. The van der Waals surface area contributed by atoms with Gasteiger partial charge in [-0.3, -0.25) is 4.79 Å². The first-order valence-corrected chi connectivity index (χ1v) is 11.8. The van der Waals surface area contributed by atoms with Crippen molar-refractivity contribution in [2.24, 2.45) is 5.14 Å². The molecule has 4 rings (SSSR count). The Labute approximate surface area is 181 Å². The van der Waals surface area contributed by atoms with Crippen molar-refractivity contribution in [1.82, 2.24) is 0 Å². The van der Waals surface area contributed by atoms with Crippen LogP contribution in [0.15, 0.2) is 47.4 Å². The minimum atomic E-state index is -3.74. The third-order valence-electron chi connectivity index (χ3n) is 5.95. The number of sulfonamides is 1. The standard InChI is InChI=1S/C21H26N4O5S/c1-15(21(26)23-17-3-5-18(6-4-17)31(22,27)28)25-10-8-24(9-11-25)13-16-2-7-19-20(12-16)30-14-29-19/h2-7,12,15H,8-11,13-14H2,1H3,(H,23,26)(H2,22,27,28)/p+2/t15-/m0/s1. The summed E-state index contributed by atoms with van der Waals surface area (Å²) in [6.07, 6.45) is 0. The molecule has 0 spiro atoms. The summed E-state index contributed by atoms with van der Waals surface area (Å²) in [6.45, 7) is 6.88. The first-order valence-electron chi connectivity index (χ1n) is 10.3. The van der Waals surface area contributed by atoms with E-state index in [1.165, 1.54) is 27.5 Å². The number of nitrogens with one attached hydrogen (secondary N) is 3. The zero-order valence-electron chi connectivity index (χ0n) is 17.4. The maximum atomic E-state index is 12.7. The fourth-order valence-electron chi connectivity index (χ4n) is 4.04. The zero-order chi connectivity index (χ0) is 22.0. The number of carbonyl (C=O) groups excluding carboxylic acids is 1. The number of benzene rings is 2. The second-order valence-corrected chi connectivity index (χ2v) is 9.61. The molecule has 1 fully saturated rings. The average molecular weight is 449 g/mol. The maximum absolute atomic E-state index is 12.7. The monoisotopic (exact) mass is 448 g/mol. The van der Waals surface area contributed by atoms with Gasteiger partial charge in [0.15, 0.2) is 17.5 Å². The van der Waals surface area contributed by atoms with Gasteiger partial charge in [0.2, 0.25) is 16.8 Å². The van der Waals surface area contributed by atoms with E-state index in [9.17, 15) is 13.2 Å². The van der Waals surface area contributed by atoms with Crippen molar-refractivity contribution in [2.45, 2.75) is 24.4 Å². The maximum Gasteiger partial charge on any atom is 0.282 e. The van der Waals surface area contributed by atoms with E-state index in [0.29, 0.717) is 5.69 Å². The first kappa shape index (κ1) is 21.6. The van der Waals surface area contributed by atoms with Crippen molar-refractivity contribution in [1.29, 1.82) is 0 Å². The van der Waals surface area contributed by atoms with E-state index in [1.807, 2.05) is 19.1 Å². The van der Waals surface area contributed by atoms with Gasteiger partial charge in [-0.05, 0) is 49.4 Å². The zero-order valence-corrected chi connectivity index (χ0v) is 18.2. The number of quaternary nitrogens is 2. The van der Waals surface area contributed by atoms with Gasteiger partial charge in [0.05, 0.1) is 4.90 Å². The predicted molar refractivity (Wildman–Crippen MR) is 114 cm³/mol. The van der Waals surface area contributed by atoms with Gasteiger partial charge in [-0.15, -0.1) is 0 Å². The molecular weight excluding hydrogens is 420 g/mol. The summed E-state index contributed by atoms with van der Waals surface area (Å²) in [4.78, 5) is 15.4.